The summed E-state index contributed by atoms with van der Waals surface area (Å²) in [6.45, 7) is 6.45. The molecule has 2 N–H and O–H groups in total. The third-order valence-corrected chi connectivity index (χ3v) is 5.74. The summed E-state index contributed by atoms with van der Waals surface area (Å²) < 4.78 is 0. The molecule has 1 saturated heterocycles. The third-order valence-electron chi connectivity index (χ3n) is 5.74. The number of carbonyl (C=O) groups is 1. The maximum atomic E-state index is 12.9. The van der Waals surface area contributed by atoms with E-state index in [9.17, 15) is 4.79 Å². The van der Waals surface area contributed by atoms with Gasteiger partial charge in [0.25, 0.3) is 0 Å². The highest BCUT2D eigenvalue weighted by molar-refractivity contribution is 5.85. The molecule has 0 aromatic heterocycles. The van der Waals surface area contributed by atoms with Crippen LogP contribution in [-0.2, 0) is 10.3 Å². The molecule has 1 aliphatic heterocycles. The van der Waals surface area contributed by atoms with E-state index in [1.165, 1.54) is 12.8 Å². The van der Waals surface area contributed by atoms with E-state index >= 15 is 0 Å². The molecule has 0 radical (unpaired) electrons. The van der Waals surface area contributed by atoms with Gasteiger partial charge in [0.1, 0.15) is 0 Å². The van der Waals surface area contributed by atoms with Crippen LogP contribution in [0.5, 0.6) is 0 Å². The van der Waals surface area contributed by atoms with Gasteiger partial charge in [0.2, 0.25) is 5.91 Å². The highest BCUT2D eigenvalue weighted by Crippen LogP contribution is 2.30. The lowest BCUT2D eigenvalue weighted by atomic mass is 9.82. The lowest BCUT2D eigenvalue weighted by Crippen LogP contribution is -2.45. The van der Waals surface area contributed by atoms with Crippen LogP contribution in [0.4, 0.5) is 0 Å². The van der Waals surface area contributed by atoms with Crippen LogP contribution in [0.25, 0.3) is 0 Å². The maximum absolute atomic E-state index is 12.9. The van der Waals surface area contributed by atoms with Gasteiger partial charge in [-0.05, 0) is 55.8 Å². The van der Waals surface area contributed by atoms with E-state index in [0.29, 0.717) is 18.3 Å². The van der Waals surface area contributed by atoms with Crippen molar-refractivity contribution >= 4 is 18.3 Å². The van der Waals surface area contributed by atoms with Crippen molar-refractivity contribution in [1.82, 2.24) is 10.6 Å². The van der Waals surface area contributed by atoms with Gasteiger partial charge in [0, 0.05) is 6.42 Å². The Morgan fingerprint density at radius 2 is 1.67 bits per heavy atom. The number of hydrogen-bond acceptors (Lipinski definition) is 2. The second kappa shape index (κ2) is 9.91. The van der Waals surface area contributed by atoms with Crippen LogP contribution in [-0.4, -0.2) is 19.0 Å². The molecule has 27 heavy (non-hydrogen) atoms. The summed E-state index contributed by atoms with van der Waals surface area (Å²) >= 11 is 0. The summed E-state index contributed by atoms with van der Waals surface area (Å²) in [6.07, 6.45) is 3.00. The molecule has 1 heterocycles. The first-order valence-electron chi connectivity index (χ1n) is 9.72. The van der Waals surface area contributed by atoms with Crippen LogP contribution < -0.4 is 10.6 Å². The minimum Gasteiger partial charge on any atom is -0.343 e. The Kier molecular flexibility index (Phi) is 7.88. The number of halogens is 1. The van der Waals surface area contributed by atoms with Crippen molar-refractivity contribution < 1.29 is 4.79 Å². The van der Waals surface area contributed by atoms with Crippen molar-refractivity contribution in [3.8, 4) is 0 Å². The summed E-state index contributed by atoms with van der Waals surface area (Å²) in [6, 6.07) is 20.5. The Morgan fingerprint density at radius 3 is 2.15 bits per heavy atom. The Hall–Kier alpha value is -1.84. The van der Waals surface area contributed by atoms with Crippen molar-refractivity contribution in [1.29, 1.82) is 0 Å². The normalized spacial score (nSPS) is 18.2. The molecule has 0 aliphatic carbocycles. The predicted octanol–water partition coefficient (Wildman–Crippen LogP) is 4.51. The quantitative estimate of drug-likeness (QED) is 0.766. The van der Waals surface area contributed by atoms with Crippen molar-refractivity contribution in [2.75, 3.05) is 13.1 Å². The fourth-order valence-electron chi connectivity index (χ4n) is 4.01. The zero-order valence-electron chi connectivity index (χ0n) is 16.3. The summed E-state index contributed by atoms with van der Waals surface area (Å²) in [5.74, 6) is 1.10. The average Bonchev–Trinajstić information content (AvgIpc) is 2.70. The summed E-state index contributed by atoms with van der Waals surface area (Å²) in [7, 11) is 0. The van der Waals surface area contributed by atoms with Gasteiger partial charge < -0.3 is 10.6 Å². The standard InChI is InChI=1S/C23H30N2O.ClH/c1-18(19-10-9-15-24-17-19)16-22(26)25-23(2,20-11-5-3-6-12-20)21-13-7-4-8-14-21;/h3-8,11-14,18-19,24H,9-10,15-17H2,1-2H3,(H,25,26);1H. The fraction of sp³-hybridized carbons (Fsp3) is 0.435. The first kappa shape index (κ1) is 21.5. The Morgan fingerprint density at radius 1 is 1.11 bits per heavy atom. The predicted molar refractivity (Wildman–Crippen MR) is 114 cm³/mol. The second-order valence-electron chi connectivity index (χ2n) is 7.69. The molecule has 0 spiro atoms. The molecule has 1 fully saturated rings. The Labute approximate surface area is 169 Å². The van der Waals surface area contributed by atoms with Crippen LogP contribution in [0.2, 0.25) is 0 Å². The molecule has 0 saturated carbocycles. The van der Waals surface area contributed by atoms with Gasteiger partial charge in [-0.1, -0.05) is 67.6 Å². The molecule has 1 amide bonds. The van der Waals surface area contributed by atoms with Crippen LogP contribution in [0.15, 0.2) is 60.7 Å². The number of hydrogen-bond donors (Lipinski definition) is 2. The Bertz CT molecular complexity index is 659. The molecule has 0 bridgehead atoms. The van der Waals surface area contributed by atoms with E-state index in [1.54, 1.807) is 0 Å². The van der Waals surface area contributed by atoms with Gasteiger partial charge in [-0.15, -0.1) is 12.4 Å². The third kappa shape index (κ3) is 5.33. The minimum atomic E-state index is -0.524. The van der Waals surface area contributed by atoms with E-state index in [1.807, 2.05) is 36.4 Å². The number of benzene rings is 2. The first-order valence-corrected chi connectivity index (χ1v) is 9.72. The van der Waals surface area contributed by atoms with Crippen LogP contribution >= 0.6 is 12.4 Å². The summed E-state index contributed by atoms with van der Waals surface area (Å²) in [5.41, 5.74) is 1.68. The van der Waals surface area contributed by atoms with E-state index in [2.05, 4.69) is 48.7 Å². The largest absolute Gasteiger partial charge is 0.343 e. The van der Waals surface area contributed by atoms with Gasteiger partial charge in [-0.25, -0.2) is 0 Å². The molecule has 146 valence electrons. The van der Waals surface area contributed by atoms with E-state index in [4.69, 9.17) is 0 Å². The summed E-state index contributed by atoms with van der Waals surface area (Å²) in [4.78, 5) is 12.9. The van der Waals surface area contributed by atoms with Gasteiger partial charge >= 0.3 is 0 Å². The molecule has 3 rings (SSSR count). The minimum absolute atomic E-state index is 0. The van der Waals surface area contributed by atoms with Crippen molar-refractivity contribution in [3.63, 3.8) is 0 Å². The molecule has 3 nitrogen and oxygen atoms in total. The fourth-order valence-corrected chi connectivity index (χ4v) is 4.01. The van der Waals surface area contributed by atoms with E-state index in [0.717, 1.165) is 24.2 Å². The number of carbonyl (C=O) groups excluding carboxylic acids is 1. The molecular formula is C23H31ClN2O. The lowest BCUT2D eigenvalue weighted by molar-refractivity contribution is -0.123. The SMILES string of the molecule is CC(CC(=O)NC(C)(c1ccccc1)c1ccccc1)C1CCCNC1.Cl. The number of rotatable bonds is 6. The maximum Gasteiger partial charge on any atom is 0.221 e. The molecular weight excluding hydrogens is 356 g/mol. The number of nitrogens with one attached hydrogen (secondary N) is 2. The Balaban J connectivity index is 0.00000261. The van der Waals surface area contributed by atoms with Gasteiger partial charge in [0.05, 0.1) is 5.54 Å². The van der Waals surface area contributed by atoms with E-state index in [-0.39, 0.29) is 18.3 Å². The van der Waals surface area contributed by atoms with Gasteiger partial charge in [0.15, 0.2) is 0 Å². The van der Waals surface area contributed by atoms with Gasteiger partial charge in [-0.3, -0.25) is 4.79 Å². The molecule has 2 atom stereocenters. The highest BCUT2D eigenvalue weighted by Gasteiger charge is 2.31. The zero-order chi connectivity index (χ0) is 18.4. The van der Waals surface area contributed by atoms with E-state index < -0.39 is 5.54 Å². The van der Waals surface area contributed by atoms with Crippen molar-refractivity contribution in [3.05, 3.63) is 71.8 Å². The average molecular weight is 387 g/mol. The highest BCUT2D eigenvalue weighted by atomic mass is 35.5. The summed E-state index contributed by atoms with van der Waals surface area (Å²) in [5, 5.41) is 6.79. The smallest absolute Gasteiger partial charge is 0.221 e. The topological polar surface area (TPSA) is 41.1 Å². The first-order chi connectivity index (χ1) is 12.6. The zero-order valence-corrected chi connectivity index (χ0v) is 17.1. The second-order valence-corrected chi connectivity index (χ2v) is 7.69. The van der Waals surface area contributed by atoms with Gasteiger partial charge in [-0.2, -0.15) is 0 Å². The number of amides is 1. The van der Waals surface area contributed by atoms with Crippen LogP contribution in [0.3, 0.4) is 0 Å². The monoisotopic (exact) mass is 386 g/mol. The van der Waals surface area contributed by atoms with Crippen molar-refractivity contribution in [2.45, 2.75) is 38.6 Å². The molecule has 1 aliphatic rings. The molecule has 2 aromatic rings. The molecule has 2 aromatic carbocycles. The van der Waals surface area contributed by atoms with Crippen LogP contribution in [0, 0.1) is 11.8 Å². The molecule has 4 heteroatoms. The van der Waals surface area contributed by atoms with Crippen molar-refractivity contribution in [2.24, 2.45) is 11.8 Å². The van der Waals surface area contributed by atoms with Crippen LogP contribution in [0.1, 0.15) is 44.2 Å². The number of piperidine rings is 1. The lowest BCUT2D eigenvalue weighted by Gasteiger charge is -2.34. The molecule has 2 unspecified atom stereocenters.